The lowest BCUT2D eigenvalue weighted by Crippen LogP contribution is -2.55. The zero-order valence-electron chi connectivity index (χ0n) is 16.4. The summed E-state index contributed by atoms with van der Waals surface area (Å²) in [4.78, 5) is 24.1. The van der Waals surface area contributed by atoms with Crippen LogP contribution in [0.15, 0.2) is 18.2 Å². The van der Waals surface area contributed by atoms with E-state index in [0.29, 0.717) is 0 Å². The summed E-state index contributed by atoms with van der Waals surface area (Å²) >= 11 is 0. The smallest absolute Gasteiger partial charge is 0.309 e. The highest BCUT2D eigenvalue weighted by atomic mass is 19.1. The number of piperidine rings is 1. The molecule has 0 amide bonds. The van der Waals surface area contributed by atoms with Crippen LogP contribution < -0.4 is 4.90 Å². The molecular weight excluding hydrogens is 355 g/mol. The van der Waals surface area contributed by atoms with E-state index in [0.717, 1.165) is 6.07 Å². The molecule has 150 valence electrons. The highest BCUT2D eigenvalue weighted by molar-refractivity contribution is 5.71. The number of anilines is 1. The van der Waals surface area contributed by atoms with E-state index in [1.54, 1.807) is 25.7 Å². The quantitative estimate of drug-likeness (QED) is 0.486. The summed E-state index contributed by atoms with van der Waals surface area (Å²) in [6.07, 6.45) is 0.384. The first kappa shape index (κ1) is 21.1. The Morgan fingerprint density at radius 1 is 1.37 bits per heavy atom. The van der Waals surface area contributed by atoms with E-state index in [1.807, 2.05) is 13.8 Å². The van der Waals surface area contributed by atoms with E-state index in [9.17, 15) is 24.4 Å². The van der Waals surface area contributed by atoms with Crippen molar-refractivity contribution in [3.63, 3.8) is 0 Å². The van der Waals surface area contributed by atoms with Crippen LogP contribution in [0.5, 0.6) is 0 Å². The Bertz CT molecular complexity index is 719. The molecule has 0 aromatic heterocycles. The minimum Gasteiger partial charge on any atom is -0.460 e. The van der Waals surface area contributed by atoms with Crippen LogP contribution in [0.3, 0.4) is 0 Å². The van der Waals surface area contributed by atoms with Gasteiger partial charge in [0.25, 0.3) is 5.69 Å². The maximum absolute atomic E-state index is 14.4. The second-order valence-electron chi connectivity index (χ2n) is 8.39. The Morgan fingerprint density at radius 3 is 2.37 bits per heavy atom. The van der Waals surface area contributed by atoms with Crippen LogP contribution >= 0.6 is 0 Å². The SMILES string of the molecule is CC1CC(O)(CC(=O)OC(C)(C)C)C[C@H](C)N1c1ccc([N+](=O)[O-])cc1F. The van der Waals surface area contributed by atoms with Gasteiger partial charge in [0.05, 0.1) is 28.7 Å². The summed E-state index contributed by atoms with van der Waals surface area (Å²) in [6, 6.07) is 3.02. The molecule has 1 N–H and O–H groups in total. The number of hydrogen-bond acceptors (Lipinski definition) is 6. The number of esters is 1. The molecule has 1 saturated heterocycles. The molecule has 1 aromatic carbocycles. The van der Waals surface area contributed by atoms with E-state index in [-0.39, 0.29) is 42.7 Å². The molecule has 1 fully saturated rings. The van der Waals surface area contributed by atoms with Crippen LogP contribution in [0.4, 0.5) is 15.8 Å². The maximum atomic E-state index is 14.4. The van der Waals surface area contributed by atoms with E-state index in [2.05, 4.69) is 0 Å². The molecule has 3 atom stereocenters. The topological polar surface area (TPSA) is 92.9 Å². The first-order chi connectivity index (χ1) is 12.3. The number of rotatable bonds is 4. The monoisotopic (exact) mass is 382 g/mol. The van der Waals surface area contributed by atoms with Crippen molar-refractivity contribution in [2.75, 3.05) is 4.90 Å². The molecule has 1 aromatic rings. The lowest BCUT2D eigenvalue weighted by Gasteiger charge is -2.48. The molecule has 1 aliphatic heterocycles. The number of nitro benzene ring substituents is 1. The van der Waals surface area contributed by atoms with Gasteiger partial charge in [0, 0.05) is 18.2 Å². The summed E-state index contributed by atoms with van der Waals surface area (Å²) in [5, 5.41) is 21.7. The Balaban J connectivity index is 2.17. The number of carbonyl (C=O) groups excluding carboxylic acids is 1. The average Bonchev–Trinajstić information content (AvgIpc) is 2.44. The molecule has 8 heteroatoms. The number of nitrogens with zero attached hydrogens (tertiary/aromatic N) is 2. The van der Waals surface area contributed by atoms with Gasteiger partial charge in [0.1, 0.15) is 5.60 Å². The zero-order chi connectivity index (χ0) is 20.6. The Kier molecular flexibility index (Phi) is 5.79. The fourth-order valence-corrected chi connectivity index (χ4v) is 3.90. The molecule has 2 rings (SSSR count). The van der Waals surface area contributed by atoms with Crippen molar-refractivity contribution in [3.8, 4) is 0 Å². The largest absolute Gasteiger partial charge is 0.460 e. The summed E-state index contributed by atoms with van der Waals surface area (Å²) in [5.41, 5.74) is -1.93. The van der Waals surface area contributed by atoms with Crippen molar-refractivity contribution in [2.45, 2.75) is 77.2 Å². The van der Waals surface area contributed by atoms with Crippen molar-refractivity contribution in [3.05, 3.63) is 34.1 Å². The van der Waals surface area contributed by atoms with Crippen molar-refractivity contribution >= 4 is 17.3 Å². The zero-order valence-corrected chi connectivity index (χ0v) is 16.4. The highest BCUT2D eigenvalue weighted by Gasteiger charge is 2.43. The predicted molar refractivity (Wildman–Crippen MR) is 99.1 cm³/mol. The van der Waals surface area contributed by atoms with Gasteiger partial charge in [-0.25, -0.2) is 4.39 Å². The van der Waals surface area contributed by atoms with Crippen molar-refractivity contribution in [1.82, 2.24) is 0 Å². The van der Waals surface area contributed by atoms with E-state index >= 15 is 0 Å². The fourth-order valence-electron chi connectivity index (χ4n) is 3.90. The lowest BCUT2D eigenvalue weighted by atomic mass is 9.80. The van der Waals surface area contributed by atoms with Crippen LogP contribution in [0.1, 0.15) is 53.9 Å². The molecule has 0 bridgehead atoms. The van der Waals surface area contributed by atoms with Crippen LogP contribution in [0.2, 0.25) is 0 Å². The Hall–Kier alpha value is -2.22. The first-order valence-electron chi connectivity index (χ1n) is 8.98. The van der Waals surface area contributed by atoms with Crippen LogP contribution in [0.25, 0.3) is 0 Å². The van der Waals surface area contributed by atoms with Gasteiger partial charge >= 0.3 is 5.97 Å². The van der Waals surface area contributed by atoms with E-state index in [1.165, 1.54) is 12.1 Å². The number of aliphatic hydroxyl groups is 1. The third kappa shape index (κ3) is 5.15. The van der Waals surface area contributed by atoms with Crippen molar-refractivity contribution in [1.29, 1.82) is 0 Å². The van der Waals surface area contributed by atoms with Crippen LogP contribution in [-0.4, -0.2) is 39.3 Å². The Labute approximate surface area is 158 Å². The molecule has 0 spiro atoms. The minimum absolute atomic E-state index is 0.129. The number of hydrogen-bond donors (Lipinski definition) is 1. The maximum Gasteiger partial charge on any atom is 0.309 e. The van der Waals surface area contributed by atoms with E-state index < -0.39 is 27.9 Å². The second kappa shape index (κ2) is 7.42. The molecule has 2 unspecified atom stereocenters. The minimum atomic E-state index is -1.24. The molecule has 0 radical (unpaired) electrons. The lowest BCUT2D eigenvalue weighted by molar-refractivity contribution is -0.385. The first-order valence-corrected chi connectivity index (χ1v) is 8.98. The molecule has 1 heterocycles. The third-order valence-corrected chi connectivity index (χ3v) is 4.61. The summed E-state index contributed by atoms with van der Waals surface area (Å²) in [6.45, 7) is 8.95. The molecule has 1 aliphatic rings. The number of nitro groups is 1. The van der Waals surface area contributed by atoms with Crippen molar-refractivity contribution < 1.29 is 24.0 Å². The highest BCUT2D eigenvalue weighted by Crippen LogP contribution is 2.38. The van der Waals surface area contributed by atoms with Gasteiger partial charge in [0.15, 0.2) is 5.82 Å². The molecule has 0 saturated carbocycles. The van der Waals surface area contributed by atoms with Crippen LogP contribution in [0, 0.1) is 15.9 Å². The predicted octanol–water partition coefficient (Wildman–Crippen LogP) is 3.57. The number of ether oxygens (including phenoxy) is 1. The number of non-ortho nitro benzene ring substituents is 1. The number of benzene rings is 1. The van der Waals surface area contributed by atoms with Gasteiger partial charge in [-0.3, -0.25) is 14.9 Å². The third-order valence-electron chi connectivity index (χ3n) is 4.61. The van der Waals surface area contributed by atoms with Gasteiger partial charge in [-0.05, 0) is 53.5 Å². The van der Waals surface area contributed by atoms with Crippen LogP contribution in [-0.2, 0) is 9.53 Å². The summed E-state index contributed by atoms with van der Waals surface area (Å²) < 4.78 is 19.8. The van der Waals surface area contributed by atoms with Gasteiger partial charge < -0.3 is 14.7 Å². The normalized spacial score (nSPS) is 26.0. The summed E-state index contributed by atoms with van der Waals surface area (Å²) in [5.74, 6) is -1.15. The average molecular weight is 382 g/mol. The Morgan fingerprint density at radius 2 is 1.93 bits per heavy atom. The second-order valence-corrected chi connectivity index (χ2v) is 8.39. The number of halogens is 1. The number of carbonyl (C=O) groups is 1. The standard InChI is InChI=1S/C19H27FN2O5/c1-12-9-19(24,11-17(23)27-18(3,4)5)10-13(2)21(12)16-7-6-14(22(25)26)8-15(16)20/h6-8,12-13,24H,9-11H2,1-5H3/t12-,13?,19?/m0/s1. The molecule has 0 aliphatic carbocycles. The molecular formula is C19H27FN2O5. The van der Waals surface area contributed by atoms with Gasteiger partial charge in [-0.2, -0.15) is 0 Å². The van der Waals surface area contributed by atoms with Gasteiger partial charge in [-0.15, -0.1) is 0 Å². The van der Waals surface area contributed by atoms with Gasteiger partial charge in [0.2, 0.25) is 0 Å². The molecule has 7 nitrogen and oxygen atoms in total. The summed E-state index contributed by atoms with van der Waals surface area (Å²) in [7, 11) is 0. The van der Waals surface area contributed by atoms with Gasteiger partial charge in [-0.1, -0.05) is 0 Å². The van der Waals surface area contributed by atoms with Crippen molar-refractivity contribution in [2.24, 2.45) is 0 Å². The van der Waals surface area contributed by atoms with E-state index in [4.69, 9.17) is 4.74 Å². The molecule has 27 heavy (non-hydrogen) atoms. The fraction of sp³-hybridized carbons (Fsp3) is 0.632.